The number of carbonyl (C=O) groups excluding carboxylic acids is 1. The maximum absolute atomic E-state index is 13.4. The first-order valence-corrected chi connectivity index (χ1v) is 6.44. The lowest BCUT2D eigenvalue weighted by Crippen LogP contribution is -2.29. The van der Waals surface area contributed by atoms with Gasteiger partial charge in [0, 0.05) is 12.6 Å². The Morgan fingerprint density at radius 2 is 2.00 bits per heavy atom. The van der Waals surface area contributed by atoms with Crippen molar-refractivity contribution in [3.05, 3.63) is 65.5 Å². The summed E-state index contributed by atoms with van der Waals surface area (Å²) < 4.78 is 18.1. The summed E-state index contributed by atoms with van der Waals surface area (Å²) in [4.78, 5) is 11.9. The second-order valence-electron chi connectivity index (χ2n) is 4.57. The van der Waals surface area contributed by atoms with Crippen molar-refractivity contribution in [1.82, 2.24) is 5.32 Å². The first-order chi connectivity index (χ1) is 10.1. The Morgan fingerprint density at radius 1 is 1.29 bits per heavy atom. The van der Waals surface area contributed by atoms with Crippen LogP contribution in [-0.4, -0.2) is 18.2 Å². The maximum atomic E-state index is 13.4. The van der Waals surface area contributed by atoms with Crippen LogP contribution in [0.5, 0.6) is 5.75 Å². The lowest BCUT2D eigenvalue weighted by atomic mass is 10.1. The molecule has 21 heavy (non-hydrogen) atoms. The van der Waals surface area contributed by atoms with Crippen LogP contribution in [-0.2, 0) is 16.1 Å². The molecule has 1 atom stereocenters. The molecule has 0 aromatic heterocycles. The molecule has 1 unspecified atom stereocenters. The minimum Gasteiger partial charge on any atom is -0.508 e. The minimum absolute atomic E-state index is 0.236. The molecule has 0 aliphatic heterocycles. The summed E-state index contributed by atoms with van der Waals surface area (Å²) in [6, 6.07) is 12.1. The zero-order valence-corrected chi connectivity index (χ0v) is 11.5. The molecular formula is C16H16FNO3. The van der Waals surface area contributed by atoms with Gasteiger partial charge in [0.15, 0.2) is 0 Å². The van der Waals surface area contributed by atoms with Gasteiger partial charge in [0.05, 0.1) is 7.11 Å². The lowest BCUT2D eigenvalue weighted by Gasteiger charge is -2.17. The van der Waals surface area contributed by atoms with Gasteiger partial charge in [-0.25, -0.2) is 9.18 Å². The number of hydrogen-bond acceptors (Lipinski definition) is 4. The summed E-state index contributed by atoms with van der Waals surface area (Å²) in [7, 11) is 1.26. The molecule has 5 heteroatoms. The van der Waals surface area contributed by atoms with Crippen molar-refractivity contribution in [1.29, 1.82) is 0 Å². The highest BCUT2D eigenvalue weighted by Crippen LogP contribution is 2.22. The SMILES string of the molecule is COC(=O)C(NCc1ccccc1)c1cc(O)cc(F)c1. The molecule has 2 aromatic rings. The molecule has 4 nitrogen and oxygen atoms in total. The highest BCUT2D eigenvalue weighted by atomic mass is 19.1. The Balaban J connectivity index is 2.20. The van der Waals surface area contributed by atoms with Crippen molar-refractivity contribution in [3.63, 3.8) is 0 Å². The second-order valence-corrected chi connectivity index (χ2v) is 4.57. The third kappa shape index (κ3) is 4.03. The average molecular weight is 289 g/mol. The fourth-order valence-corrected chi connectivity index (χ4v) is 2.03. The van der Waals surface area contributed by atoms with Crippen molar-refractivity contribution >= 4 is 5.97 Å². The predicted molar refractivity (Wildman–Crippen MR) is 76.1 cm³/mol. The highest BCUT2D eigenvalue weighted by molar-refractivity contribution is 5.77. The lowest BCUT2D eigenvalue weighted by molar-refractivity contribution is -0.143. The molecule has 0 saturated carbocycles. The van der Waals surface area contributed by atoms with E-state index in [0.717, 1.165) is 11.6 Å². The number of carbonyl (C=O) groups is 1. The zero-order valence-electron chi connectivity index (χ0n) is 11.5. The average Bonchev–Trinajstić information content (AvgIpc) is 2.47. The molecular weight excluding hydrogens is 273 g/mol. The summed E-state index contributed by atoms with van der Waals surface area (Å²) >= 11 is 0. The molecule has 0 aliphatic rings. The number of phenolic OH excluding ortho intramolecular Hbond substituents is 1. The quantitative estimate of drug-likeness (QED) is 0.830. The van der Waals surface area contributed by atoms with Gasteiger partial charge in [-0.2, -0.15) is 0 Å². The van der Waals surface area contributed by atoms with Gasteiger partial charge in [0.25, 0.3) is 0 Å². The summed E-state index contributed by atoms with van der Waals surface area (Å²) in [6.45, 7) is 0.415. The van der Waals surface area contributed by atoms with Crippen molar-refractivity contribution < 1.29 is 19.0 Å². The van der Waals surface area contributed by atoms with E-state index in [1.54, 1.807) is 0 Å². The minimum atomic E-state index is -0.850. The molecule has 0 bridgehead atoms. The van der Waals surface area contributed by atoms with Crippen LogP contribution in [0.15, 0.2) is 48.5 Å². The van der Waals surface area contributed by atoms with Gasteiger partial charge >= 0.3 is 5.97 Å². The summed E-state index contributed by atoms with van der Waals surface area (Å²) in [5.41, 5.74) is 1.29. The summed E-state index contributed by atoms with van der Waals surface area (Å²) in [5, 5.41) is 12.5. The molecule has 2 rings (SSSR count). The van der Waals surface area contributed by atoms with Gasteiger partial charge < -0.3 is 9.84 Å². The monoisotopic (exact) mass is 289 g/mol. The van der Waals surface area contributed by atoms with Crippen LogP contribution in [0.4, 0.5) is 4.39 Å². The first kappa shape index (κ1) is 15.0. The van der Waals surface area contributed by atoms with E-state index in [2.05, 4.69) is 5.32 Å². The molecule has 110 valence electrons. The maximum Gasteiger partial charge on any atom is 0.327 e. The molecule has 0 amide bonds. The molecule has 2 N–H and O–H groups in total. The standard InChI is InChI=1S/C16H16FNO3/c1-21-16(20)15(12-7-13(17)9-14(19)8-12)18-10-11-5-3-2-4-6-11/h2-9,15,18-19H,10H2,1H3. The molecule has 0 aliphatic carbocycles. The normalized spacial score (nSPS) is 11.9. The van der Waals surface area contributed by atoms with E-state index in [0.29, 0.717) is 12.1 Å². The Hall–Kier alpha value is -2.40. The van der Waals surface area contributed by atoms with E-state index in [1.807, 2.05) is 30.3 Å². The van der Waals surface area contributed by atoms with Crippen molar-refractivity contribution in [3.8, 4) is 5.75 Å². The second kappa shape index (κ2) is 6.85. The van der Waals surface area contributed by atoms with Crippen LogP contribution in [0.2, 0.25) is 0 Å². The predicted octanol–water partition coefficient (Wildman–Crippen LogP) is 2.54. The molecule has 0 spiro atoms. The zero-order chi connectivity index (χ0) is 15.2. The molecule has 0 radical (unpaired) electrons. The first-order valence-electron chi connectivity index (χ1n) is 6.44. The number of halogens is 1. The fourth-order valence-electron chi connectivity index (χ4n) is 2.03. The third-order valence-electron chi connectivity index (χ3n) is 3.03. The van der Waals surface area contributed by atoms with Crippen molar-refractivity contribution in [2.24, 2.45) is 0 Å². The summed E-state index contributed by atoms with van der Waals surface area (Å²) in [5.74, 6) is -1.39. The van der Waals surface area contributed by atoms with Crippen LogP contribution < -0.4 is 5.32 Å². The van der Waals surface area contributed by atoms with Crippen LogP contribution in [0.3, 0.4) is 0 Å². The third-order valence-corrected chi connectivity index (χ3v) is 3.03. The van der Waals surface area contributed by atoms with E-state index in [-0.39, 0.29) is 5.75 Å². The number of aromatic hydroxyl groups is 1. The number of hydrogen-bond donors (Lipinski definition) is 2. The number of benzene rings is 2. The van der Waals surface area contributed by atoms with E-state index in [9.17, 15) is 14.3 Å². The number of ether oxygens (including phenoxy) is 1. The Bertz CT molecular complexity index is 596. The summed E-state index contributed by atoms with van der Waals surface area (Å²) in [6.07, 6.45) is 0. The van der Waals surface area contributed by atoms with Crippen LogP contribution >= 0.6 is 0 Å². The van der Waals surface area contributed by atoms with Gasteiger partial charge in [-0.15, -0.1) is 0 Å². The van der Waals surface area contributed by atoms with Crippen molar-refractivity contribution in [2.45, 2.75) is 12.6 Å². The van der Waals surface area contributed by atoms with E-state index in [1.165, 1.54) is 19.2 Å². The van der Waals surface area contributed by atoms with Gasteiger partial charge in [-0.05, 0) is 23.3 Å². The molecule has 0 fully saturated rings. The van der Waals surface area contributed by atoms with Crippen LogP contribution in [0.1, 0.15) is 17.2 Å². The van der Waals surface area contributed by atoms with Crippen LogP contribution in [0, 0.1) is 5.82 Å². The number of esters is 1. The van der Waals surface area contributed by atoms with E-state index in [4.69, 9.17) is 4.74 Å². The topological polar surface area (TPSA) is 58.6 Å². The molecule has 0 heterocycles. The van der Waals surface area contributed by atoms with E-state index < -0.39 is 17.8 Å². The van der Waals surface area contributed by atoms with Gasteiger partial charge in [0.1, 0.15) is 17.6 Å². The van der Waals surface area contributed by atoms with Gasteiger partial charge in [-0.3, -0.25) is 5.32 Å². The number of phenols is 1. The number of nitrogens with one attached hydrogen (secondary N) is 1. The Kier molecular flexibility index (Phi) is 4.90. The molecule has 0 saturated heterocycles. The Morgan fingerprint density at radius 3 is 2.62 bits per heavy atom. The van der Waals surface area contributed by atoms with Gasteiger partial charge in [0.2, 0.25) is 0 Å². The fraction of sp³-hybridized carbons (Fsp3) is 0.188. The smallest absolute Gasteiger partial charge is 0.327 e. The Labute approximate surface area is 122 Å². The van der Waals surface area contributed by atoms with E-state index >= 15 is 0 Å². The largest absolute Gasteiger partial charge is 0.508 e. The van der Waals surface area contributed by atoms with Crippen molar-refractivity contribution in [2.75, 3.05) is 7.11 Å². The molecule has 2 aromatic carbocycles. The number of rotatable bonds is 5. The highest BCUT2D eigenvalue weighted by Gasteiger charge is 2.22. The number of methoxy groups -OCH3 is 1. The van der Waals surface area contributed by atoms with Gasteiger partial charge in [-0.1, -0.05) is 30.3 Å². The van der Waals surface area contributed by atoms with Crippen LogP contribution in [0.25, 0.3) is 0 Å².